The molecule has 0 aliphatic rings. The van der Waals surface area contributed by atoms with Crippen molar-refractivity contribution in [3.05, 3.63) is 18.2 Å². The van der Waals surface area contributed by atoms with Gasteiger partial charge in [0.15, 0.2) is 0 Å². The Morgan fingerprint density at radius 1 is 1.41 bits per heavy atom. The van der Waals surface area contributed by atoms with Crippen LogP contribution in [-0.4, -0.2) is 40.6 Å². The number of aromatic nitrogens is 2. The van der Waals surface area contributed by atoms with E-state index < -0.39 is 0 Å². The molecule has 1 rings (SSSR count). The largest absolute Gasteiger partial charge is 0.337 e. The first-order chi connectivity index (χ1) is 8.02. The maximum atomic E-state index is 4.35. The molecular weight excluding hydrogens is 212 g/mol. The van der Waals surface area contributed by atoms with E-state index in [1.54, 1.807) is 0 Å². The second-order valence-electron chi connectivity index (χ2n) is 5.00. The lowest BCUT2D eigenvalue weighted by molar-refractivity contribution is 0.268. The van der Waals surface area contributed by atoms with E-state index in [9.17, 15) is 0 Å². The summed E-state index contributed by atoms with van der Waals surface area (Å²) in [4.78, 5) is 6.72. The molecule has 1 unspecified atom stereocenters. The molecule has 17 heavy (non-hydrogen) atoms. The minimum Gasteiger partial charge on any atom is -0.337 e. The van der Waals surface area contributed by atoms with Crippen LogP contribution in [0.3, 0.4) is 0 Å². The highest BCUT2D eigenvalue weighted by atomic mass is 15.1. The van der Waals surface area contributed by atoms with Crippen LogP contribution < -0.4 is 5.32 Å². The zero-order valence-corrected chi connectivity index (χ0v) is 11.8. The van der Waals surface area contributed by atoms with Gasteiger partial charge in [0, 0.05) is 25.5 Å². The van der Waals surface area contributed by atoms with Crippen molar-refractivity contribution in [3.8, 4) is 0 Å². The topological polar surface area (TPSA) is 33.1 Å². The summed E-state index contributed by atoms with van der Waals surface area (Å²) in [5.41, 5.74) is 0. The molecule has 0 saturated heterocycles. The van der Waals surface area contributed by atoms with Crippen LogP contribution in [0.5, 0.6) is 0 Å². The lowest BCUT2D eigenvalue weighted by atomic mass is 10.2. The Morgan fingerprint density at radius 3 is 2.65 bits per heavy atom. The molecule has 4 nitrogen and oxygen atoms in total. The van der Waals surface area contributed by atoms with Crippen LogP contribution in [0, 0.1) is 0 Å². The lowest BCUT2D eigenvalue weighted by Crippen LogP contribution is -2.30. The third-order valence-corrected chi connectivity index (χ3v) is 3.27. The highest BCUT2D eigenvalue weighted by Crippen LogP contribution is 2.07. The minimum atomic E-state index is 0.319. The summed E-state index contributed by atoms with van der Waals surface area (Å²) < 4.78 is 2.07. The molecule has 98 valence electrons. The van der Waals surface area contributed by atoms with Gasteiger partial charge in [0.25, 0.3) is 0 Å². The molecule has 0 saturated carbocycles. The average molecular weight is 238 g/mol. The van der Waals surface area contributed by atoms with Gasteiger partial charge in [0.2, 0.25) is 0 Å². The zero-order valence-electron chi connectivity index (χ0n) is 11.8. The summed E-state index contributed by atoms with van der Waals surface area (Å²) in [6.45, 7) is 8.78. The molecule has 0 fully saturated rings. The fraction of sp³-hybridized carbons (Fsp3) is 0.769. The number of nitrogens with zero attached hydrogens (tertiary/aromatic N) is 3. The Morgan fingerprint density at radius 2 is 2.12 bits per heavy atom. The van der Waals surface area contributed by atoms with E-state index >= 15 is 0 Å². The van der Waals surface area contributed by atoms with E-state index in [1.807, 2.05) is 19.4 Å². The second-order valence-corrected chi connectivity index (χ2v) is 5.00. The molecule has 0 aliphatic carbocycles. The summed E-state index contributed by atoms with van der Waals surface area (Å²) in [6, 6.07) is 0.946. The van der Waals surface area contributed by atoms with E-state index in [2.05, 4.69) is 47.6 Å². The van der Waals surface area contributed by atoms with Gasteiger partial charge in [0.1, 0.15) is 5.82 Å². The molecule has 1 N–H and O–H groups in total. The summed E-state index contributed by atoms with van der Waals surface area (Å²) in [7, 11) is 4.21. The maximum Gasteiger partial charge on any atom is 0.125 e. The van der Waals surface area contributed by atoms with Crippen LogP contribution in [0.2, 0.25) is 0 Å². The van der Waals surface area contributed by atoms with Crippen LogP contribution in [0.15, 0.2) is 12.4 Å². The second kappa shape index (κ2) is 6.77. The maximum absolute atomic E-state index is 4.35. The van der Waals surface area contributed by atoms with Gasteiger partial charge >= 0.3 is 0 Å². The van der Waals surface area contributed by atoms with Gasteiger partial charge in [-0.15, -0.1) is 0 Å². The van der Waals surface area contributed by atoms with Gasteiger partial charge in [-0.25, -0.2) is 4.98 Å². The van der Waals surface area contributed by atoms with Crippen LogP contribution in [0.1, 0.15) is 39.1 Å². The summed E-state index contributed by atoms with van der Waals surface area (Å²) >= 11 is 0. The van der Waals surface area contributed by atoms with Crippen molar-refractivity contribution in [2.24, 2.45) is 7.05 Å². The van der Waals surface area contributed by atoms with Crippen molar-refractivity contribution in [1.29, 1.82) is 0 Å². The highest BCUT2D eigenvalue weighted by Gasteiger charge is 2.09. The summed E-state index contributed by atoms with van der Waals surface area (Å²) in [5, 5.41) is 3.51. The monoisotopic (exact) mass is 238 g/mol. The molecule has 0 spiro atoms. The van der Waals surface area contributed by atoms with Gasteiger partial charge in [-0.1, -0.05) is 0 Å². The Balaban J connectivity index is 2.21. The molecule has 0 radical (unpaired) electrons. The Bertz CT molecular complexity index is 319. The average Bonchev–Trinajstić information content (AvgIpc) is 2.70. The SMILES string of the molecule is CC(NCCCN(C)C(C)C)c1nccn1C. The van der Waals surface area contributed by atoms with E-state index in [4.69, 9.17) is 0 Å². The molecule has 0 bridgehead atoms. The number of hydrogen-bond acceptors (Lipinski definition) is 3. The third-order valence-electron chi connectivity index (χ3n) is 3.27. The number of imidazole rings is 1. The quantitative estimate of drug-likeness (QED) is 0.735. The molecule has 0 amide bonds. The normalized spacial score (nSPS) is 13.6. The molecule has 1 aromatic heterocycles. The zero-order chi connectivity index (χ0) is 12.8. The minimum absolute atomic E-state index is 0.319. The van der Waals surface area contributed by atoms with Crippen molar-refractivity contribution in [2.75, 3.05) is 20.1 Å². The Hall–Kier alpha value is -0.870. The predicted molar refractivity (Wildman–Crippen MR) is 72.0 cm³/mol. The first-order valence-electron chi connectivity index (χ1n) is 6.43. The number of nitrogens with one attached hydrogen (secondary N) is 1. The molecule has 1 atom stereocenters. The molecule has 1 heterocycles. The first-order valence-corrected chi connectivity index (χ1v) is 6.43. The molecule has 0 aromatic carbocycles. The fourth-order valence-electron chi connectivity index (χ4n) is 1.79. The van der Waals surface area contributed by atoms with Gasteiger partial charge in [0.05, 0.1) is 6.04 Å². The Labute approximate surface area is 105 Å². The highest BCUT2D eigenvalue weighted by molar-refractivity contribution is 4.96. The van der Waals surface area contributed by atoms with Gasteiger partial charge in [-0.05, 0) is 47.3 Å². The van der Waals surface area contributed by atoms with Gasteiger partial charge < -0.3 is 14.8 Å². The van der Waals surface area contributed by atoms with Crippen LogP contribution in [-0.2, 0) is 7.05 Å². The van der Waals surface area contributed by atoms with Gasteiger partial charge in [-0.2, -0.15) is 0 Å². The van der Waals surface area contributed by atoms with Crippen molar-refractivity contribution in [1.82, 2.24) is 19.8 Å². The van der Waals surface area contributed by atoms with Crippen molar-refractivity contribution in [2.45, 2.75) is 39.3 Å². The van der Waals surface area contributed by atoms with E-state index in [0.29, 0.717) is 12.1 Å². The van der Waals surface area contributed by atoms with E-state index in [0.717, 1.165) is 18.9 Å². The molecule has 0 aliphatic heterocycles. The van der Waals surface area contributed by atoms with E-state index in [1.165, 1.54) is 6.42 Å². The molecular formula is C13H26N4. The lowest BCUT2D eigenvalue weighted by Gasteiger charge is -2.21. The number of rotatable bonds is 7. The number of aryl methyl sites for hydroxylation is 1. The van der Waals surface area contributed by atoms with Crippen molar-refractivity contribution in [3.63, 3.8) is 0 Å². The Kier molecular flexibility index (Phi) is 5.65. The summed E-state index contributed by atoms with van der Waals surface area (Å²) in [6.07, 6.45) is 5.00. The fourth-order valence-corrected chi connectivity index (χ4v) is 1.79. The predicted octanol–water partition coefficient (Wildman–Crippen LogP) is 1.80. The van der Waals surface area contributed by atoms with Crippen LogP contribution in [0.25, 0.3) is 0 Å². The van der Waals surface area contributed by atoms with Crippen molar-refractivity contribution < 1.29 is 0 Å². The standard InChI is InChI=1S/C13H26N4/c1-11(2)16(4)9-6-7-14-12(3)13-15-8-10-17(13)5/h8,10-12,14H,6-7,9H2,1-5H3. The molecule has 4 heteroatoms. The van der Waals surface area contributed by atoms with Crippen LogP contribution >= 0.6 is 0 Å². The molecule has 1 aromatic rings. The smallest absolute Gasteiger partial charge is 0.125 e. The third kappa shape index (κ3) is 4.48. The summed E-state index contributed by atoms with van der Waals surface area (Å²) in [5.74, 6) is 1.10. The first kappa shape index (κ1) is 14.2. The van der Waals surface area contributed by atoms with Crippen molar-refractivity contribution >= 4 is 0 Å². The van der Waals surface area contributed by atoms with Crippen LogP contribution in [0.4, 0.5) is 0 Å². The van der Waals surface area contributed by atoms with E-state index in [-0.39, 0.29) is 0 Å². The number of hydrogen-bond donors (Lipinski definition) is 1. The van der Waals surface area contributed by atoms with Gasteiger partial charge in [-0.3, -0.25) is 0 Å².